The monoisotopic (exact) mass is 479 g/mol. The molecule has 4 nitrogen and oxygen atoms in total. The molecule has 2 N–H and O–H groups in total. The van der Waals surface area contributed by atoms with Gasteiger partial charge in [0.05, 0.1) is 6.54 Å². The summed E-state index contributed by atoms with van der Waals surface area (Å²) < 4.78 is 5.29. The first kappa shape index (κ1) is 22.7. The fourth-order valence-corrected chi connectivity index (χ4v) is 3.99. The Morgan fingerprint density at radius 1 is 1.36 bits per heavy atom. The molecular formula is C19H34IN3OS. The number of hydrogen-bond donors (Lipinski definition) is 2. The zero-order valence-corrected chi connectivity index (χ0v) is 19.2. The Morgan fingerprint density at radius 2 is 2.12 bits per heavy atom. The zero-order chi connectivity index (χ0) is 17.5. The van der Waals surface area contributed by atoms with E-state index in [0.717, 1.165) is 38.6 Å². The molecule has 1 aliphatic carbocycles. The van der Waals surface area contributed by atoms with Crippen LogP contribution in [0, 0.1) is 5.41 Å². The van der Waals surface area contributed by atoms with Crippen molar-refractivity contribution < 1.29 is 4.74 Å². The number of methoxy groups -OCH3 is 1. The van der Waals surface area contributed by atoms with Gasteiger partial charge in [-0.3, -0.25) is 4.99 Å². The van der Waals surface area contributed by atoms with Gasteiger partial charge < -0.3 is 15.4 Å². The van der Waals surface area contributed by atoms with Crippen LogP contribution in [0.15, 0.2) is 22.5 Å². The molecule has 1 saturated carbocycles. The number of halogens is 1. The standard InChI is InChI=1S/C19H33N3OS.HI/c1-5-20-17(21-14-18(2,3)16-8-6-13-24-16)22-15-19(9-7-10-19)11-12-23-4;/h6,8,13H,5,7,9-12,14-15H2,1-4H3,(H2,20,21,22);1H. The van der Waals surface area contributed by atoms with Gasteiger partial charge in [-0.05, 0) is 43.0 Å². The van der Waals surface area contributed by atoms with Crippen LogP contribution in [-0.2, 0) is 10.2 Å². The van der Waals surface area contributed by atoms with Crippen molar-refractivity contribution in [3.05, 3.63) is 22.4 Å². The van der Waals surface area contributed by atoms with E-state index < -0.39 is 0 Å². The van der Waals surface area contributed by atoms with Crippen LogP contribution in [0.4, 0.5) is 0 Å². The third-order valence-corrected chi connectivity index (χ3v) is 6.28. The van der Waals surface area contributed by atoms with Crippen LogP contribution in [0.3, 0.4) is 0 Å². The van der Waals surface area contributed by atoms with Crippen molar-refractivity contribution in [3.8, 4) is 0 Å². The fourth-order valence-electron chi connectivity index (χ4n) is 3.14. The Hall–Kier alpha value is -0.340. The smallest absolute Gasteiger partial charge is 0.191 e. The second kappa shape index (κ2) is 10.7. The molecule has 1 heterocycles. The lowest BCUT2D eigenvalue weighted by molar-refractivity contribution is 0.0732. The fraction of sp³-hybridized carbons (Fsp3) is 0.737. The largest absolute Gasteiger partial charge is 0.385 e. The van der Waals surface area contributed by atoms with E-state index in [2.05, 4.69) is 48.9 Å². The first-order chi connectivity index (χ1) is 11.5. The van der Waals surface area contributed by atoms with Gasteiger partial charge in [0.2, 0.25) is 0 Å². The van der Waals surface area contributed by atoms with E-state index in [1.54, 1.807) is 7.11 Å². The minimum Gasteiger partial charge on any atom is -0.385 e. The molecule has 25 heavy (non-hydrogen) atoms. The summed E-state index contributed by atoms with van der Waals surface area (Å²) in [5, 5.41) is 9.10. The summed E-state index contributed by atoms with van der Waals surface area (Å²) in [6, 6.07) is 4.32. The normalized spacial score (nSPS) is 16.7. The summed E-state index contributed by atoms with van der Waals surface area (Å²) in [6.07, 6.45) is 5.06. The number of aliphatic imine (C=N–C) groups is 1. The Bertz CT molecular complexity index is 513. The quantitative estimate of drug-likeness (QED) is 0.314. The van der Waals surface area contributed by atoms with Crippen molar-refractivity contribution in [2.45, 2.75) is 51.9 Å². The molecule has 0 amide bonds. The maximum absolute atomic E-state index is 5.29. The van der Waals surface area contributed by atoms with E-state index in [-0.39, 0.29) is 29.4 Å². The van der Waals surface area contributed by atoms with Crippen molar-refractivity contribution in [1.29, 1.82) is 0 Å². The van der Waals surface area contributed by atoms with E-state index in [1.807, 2.05) is 11.3 Å². The van der Waals surface area contributed by atoms with E-state index >= 15 is 0 Å². The second-order valence-corrected chi connectivity index (χ2v) is 8.45. The molecule has 144 valence electrons. The summed E-state index contributed by atoms with van der Waals surface area (Å²) in [7, 11) is 1.79. The van der Waals surface area contributed by atoms with Crippen molar-refractivity contribution >= 4 is 41.3 Å². The average Bonchev–Trinajstić information content (AvgIpc) is 3.06. The number of rotatable bonds is 9. The Labute approximate surface area is 174 Å². The zero-order valence-electron chi connectivity index (χ0n) is 16.1. The predicted molar refractivity (Wildman–Crippen MR) is 120 cm³/mol. The van der Waals surface area contributed by atoms with E-state index in [9.17, 15) is 0 Å². The van der Waals surface area contributed by atoms with Crippen LogP contribution in [0.25, 0.3) is 0 Å². The summed E-state index contributed by atoms with van der Waals surface area (Å²) in [5.41, 5.74) is 0.468. The van der Waals surface area contributed by atoms with Crippen LogP contribution in [-0.4, -0.2) is 39.3 Å². The molecular weight excluding hydrogens is 445 g/mol. The number of nitrogens with one attached hydrogen (secondary N) is 2. The van der Waals surface area contributed by atoms with Crippen molar-refractivity contribution in [2.24, 2.45) is 10.4 Å². The summed E-state index contributed by atoms with van der Waals surface area (Å²) in [5.74, 6) is 0.936. The maximum Gasteiger partial charge on any atom is 0.191 e. The van der Waals surface area contributed by atoms with Crippen LogP contribution >= 0.6 is 35.3 Å². The molecule has 1 fully saturated rings. The molecule has 0 unspecified atom stereocenters. The summed E-state index contributed by atoms with van der Waals surface area (Å²) in [6.45, 7) is 10.1. The third kappa shape index (κ3) is 6.71. The van der Waals surface area contributed by atoms with Gasteiger partial charge in [-0.15, -0.1) is 35.3 Å². The summed E-state index contributed by atoms with van der Waals surface area (Å²) in [4.78, 5) is 6.24. The Balaban J connectivity index is 0.00000312. The van der Waals surface area contributed by atoms with E-state index in [4.69, 9.17) is 9.73 Å². The van der Waals surface area contributed by atoms with Gasteiger partial charge in [-0.2, -0.15) is 0 Å². The Morgan fingerprint density at radius 3 is 2.64 bits per heavy atom. The van der Waals surface area contributed by atoms with Gasteiger partial charge in [0.1, 0.15) is 0 Å². The molecule has 6 heteroatoms. The van der Waals surface area contributed by atoms with Crippen LogP contribution < -0.4 is 10.6 Å². The molecule has 0 bridgehead atoms. The van der Waals surface area contributed by atoms with Gasteiger partial charge in [-0.1, -0.05) is 26.3 Å². The number of nitrogens with zero attached hydrogens (tertiary/aromatic N) is 1. The Kier molecular flexibility index (Phi) is 9.74. The van der Waals surface area contributed by atoms with Gasteiger partial charge in [0.25, 0.3) is 0 Å². The molecule has 0 aliphatic heterocycles. The minimum absolute atomic E-state index is 0. The molecule has 0 radical (unpaired) electrons. The second-order valence-electron chi connectivity index (χ2n) is 7.51. The molecule has 1 aromatic heterocycles. The summed E-state index contributed by atoms with van der Waals surface area (Å²) >= 11 is 1.81. The van der Waals surface area contributed by atoms with Crippen LogP contribution in [0.2, 0.25) is 0 Å². The number of guanidine groups is 1. The van der Waals surface area contributed by atoms with E-state index in [1.165, 1.54) is 24.1 Å². The number of ether oxygens (including phenoxy) is 1. The molecule has 1 aliphatic rings. The van der Waals surface area contributed by atoms with Gasteiger partial charge in [0, 0.05) is 37.1 Å². The highest BCUT2D eigenvalue weighted by Crippen LogP contribution is 2.43. The van der Waals surface area contributed by atoms with Crippen molar-refractivity contribution in [2.75, 3.05) is 33.4 Å². The lowest BCUT2D eigenvalue weighted by atomic mass is 9.67. The van der Waals surface area contributed by atoms with Crippen molar-refractivity contribution in [1.82, 2.24) is 10.6 Å². The molecule has 0 spiro atoms. The number of hydrogen-bond acceptors (Lipinski definition) is 3. The molecule has 2 rings (SSSR count). The number of thiophene rings is 1. The highest BCUT2D eigenvalue weighted by molar-refractivity contribution is 14.0. The van der Waals surface area contributed by atoms with Gasteiger partial charge in [-0.25, -0.2) is 0 Å². The predicted octanol–water partition coefficient (Wildman–Crippen LogP) is 4.41. The highest BCUT2D eigenvalue weighted by Gasteiger charge is 2.36. The topological polar surface area (TPSA) is 45.7 Å². The molecule has 0 saturated heterocycles. The molecule has 1 aromatic rings. The molecule has 0 atom stereocenters. The van der Waals surface area contributed by atoms with Crippen LogP contribution in [0.1, 0.15) is 51.3 Å². The first-order valence-electron chi connectivity index (χ1n) is 9.06. The van der Waals surface area contributed by atoms with Crippen molar-refractivity contribution in [3.63, 3.8) is 0 Å². The van der Waals surface area contributed by atoms with Gasteiger partial charge in [0.15, 0.2) is 5.96 Å². The van der Waals surface area contributed by atoms with Crippen LogP contribution in [0.5, 0.6) is 0 Å². The average molecular weight is 479 g/mol. The SMILES string of the molecule is CCNC(=NCC(C)(C)c1cccs1)NCC1(CCOC)CCC1.I. The molecule has 0 aromatic carbocycles. The highest BCUT2D eigenvalue weighted by atomic mass is 127. The third-order valence-electron chi connectivity index (χ3n) is 5.05. The minimum atomic E-state index is 0. The lowest BCUT2D eigenvalue weighted by Crippen LogP contribution is -2.47. The lowest BCUT2D eigenvalue weighted by Gasteiger charge is -2.42. The van der Waals surface area contributed by atoms with Gasteiger partial charge >= 0.3 is 0 Å². The maximum atomic E-state index is 5.29. The van der Waals surface area contributed by atoms with E-state index in [0.29, 0.717) is 5.41 Å². The first-order valence-corrected chi connectivity index (χ1v) is 9.94.